The van der Waals surface area contributed by atoms with Crippen LogP contribution in [0.25, 0.3) is 26.1 Å². The summed E-state index contributed by atoms with van der Waals surface area (Å²) < 4.78 is 6.14. The normalized spacial score (nSPS) is 16.6. The molecule has 6 rings (SSSR count). The smallest absolute Gasteiger partial charge is 0.232 e. The minimum absolute atomic E-state index is 1.24. The van der Waals surface area contributed by atoms with E-state index < -0.39 is 0 Å². The lowest BCUT2D eigenvalue weighted by atomic mass is 9.91. The summed E-state index contributed by atoms with van der Waals surface area (Å²) in [6.07, 6.45) is 12.6. The Morgan fingerprint density at radius 1 is 0.778 bits per heavy atom. The van der Waals surface area contributed by atoms with Crippen LogP contribution in [-0.2, 0) is 32.7 Å². The van der Waals surface area contributed by atoms with Gasteiger partial charge in [0.2, 0.25) is 6.33 Å². The topological polar surface area (TPSA) is 8.81 Å². The predicted molar refractivity (Wildman–Crippen MR) is 113 cm³/mol. The van der Waals surface area contributed by atoms with Gasteiger partial charge in [-0.1, -0.05) is 11.3 Å². The number of fused-ring (bicyclic) bond motifs is 4. The van der Waals surface area contributed by atoms with Crippen LogP contribution in [0.1, 0.15) is 47.9 Å². The zero-order valence-electron chi connectivity index (χ0n) is 15.9. The van der Waals surface area contributed by atoms with Crippen molar-refractivity contribution in [1.29, 1.82) is 0 Å². The first kappa shape index (κ1) is 15.9. The molecule has 0 saturated heterocycles. The van der Waals surface area contributed by atoms with E-state index in [0.29, 0.717) is 0 Å². The molecule has 2 aromatic carbocycles. The van der Waals surface area contributed by atoms with Crippen LogP contribution in [0.15, 0.2) is 36.7 Å². The molecule has 0 N–H and O–H groups in total. The Morgan fingerprint density at radius 3 is 2.15 bits per heavy atom. The third-order valence-electron chi connectivity index (χ3n) is 6.57. The SMILES string of the molecule is C[n+]1cn(-c2cc3cc4c(cc3s2)CCCC4)c2cc3c(cc21)CCCC3. The Morgan fingerprint density at radius 2 is 1.41 bits per heavy atom. The number of hydrogen-bond donors (Lipinski definition) is 0. The fourth-order valence-electron chi connectivity index (χ4n) is 5.09. The van der Waals surface area contributed by atoms with Gasteiger partial charge in [0.05, 0.1) is 7.05 Å². The number of hydrogen-bond acceptors (Lipinski definition) is 1. The Balaban J connectivity index is 1.54. The van der Waals surface area contributed by atoms with E-state index in [1.165, 1.54) is 77.5 Å². The van der Waals surface area contributed by atoms with Crippen molar-refractivity contribution in [2.75, 3.05) is 0 Å². The first-order valence-corrected chi connectivity index (χ1v) is 11.2. The molecule has 0 spiro atoms. The summed E-state index contributed by atoms with van der Waals surface area (Å²) in [4.78, 5) is 0. The molecule has 2 heterocycles. The number of benzene rings is 2. The van der Waals surface area contributed by atoms with Crippen molar-refractivity contribution in [2.45, 2.75) is 51.4 Å². The van der Waals surface area contributed by atoms with Gasteiger partial charge in [-0.05, 0) is 103 Å². The lowest BCUT2D eigenvalue weighted by molar-refractivity contribution is -0.645. The van der Waals surface area contributed by atoms with Crippen LogP contribution < -0.4 is 4.57 Å². The maximum Gasteiger partial charge on any atom is 0.250 e. The Bertz CT molecular complexity index is 1150. The second kappa shape index (κ2) is 5.93. The molecule has 3 heteroatoms. The Hall–Kier alpha value is -2.13. The van der Waals surface area contributed by atoms with Crippen LogP contribution in [-0.4, -0.2) is 4.57 Å². The predicted octanol–water partition coefficient (Wildman–Crippen LogP) is 5.43. The van der Waals surface area contributed by atoms with Crippen molar-refractivity contribution < 1.29 is 4.57 Å². The summed E-state index contributed by atoms with van der Waals surface area (Å²) in [5.74, 6) is 0. The van der Waals surface area contributed by atoms with Crippen molar-refractivity contribution in [3.05, 3.63) is 58.9 Å². The first-order chi connectivity index (χ1) is 13.3. The number of thiophene rings is 1. The van der Waals surface area contributed by atoms with Crippen molar-refractivity contribution in [3.8, 4) is 5.00 Å². The molecule has 136 valence electrons. The lowest BCUT2D eigenvalue weighted by Gasteiger charge is -2.15. The molecule has 0 saturated carbocycles. The van der Waals surface area contributed by atoms with E-state index in [0.717, 1.165) is 0 Å². The van der Waals surface area contributed by atoms with E-state index in [1.807, 2.05) is 11.3 Å². The number of nitrogens with zero attached hydrogens (tertiary/aromatic N) is 2. The van der Waals surface area contributed by atoms with Crippen molar-refractivity contribution >= 4 is 32.5 Å². The van der Waals surface area contributed by atoms with Gasteiger partial charge in [-0.2, -0.15) is 4.57 Å². The molecular formula is C24H25N2S+. The highest BCUT2D eigenvalue weighted by Gasteiger charge is 2.22. The van der Waals surface area contributed by atoms with Gasteiger partial charge < -0.3 is 0 Å². The summed E-state index contributed by atoms with van der Waals surface area (Å²) in [7, 11) is 2.18. The molecule has 0 bridgehead atoms. The fourth-order valence-corrected chi connectivity index (χ4v) is 6.18. The van der Waals surface area contributed by atoms with E-state index in [2.05, 4.69) is 52.8 Å². The van der Waals surface area contributed by atoms with Gasteiger partial charge in [-0.3, -0.25) is 0 Å². The van der Waals surface area contributed by atoms with E-state index in [4.69, 9.17) is 0 Å². The average Bonchev–Trinajstić information content (AvgIpc) is 3.25. The first-order valence-electron chi connectivity index (χ1n) is 10.3. The van der Waals surface area contributed by atoms with Crippen LogP contribution >= 0.6 is 11.3 Å². The van der Waals surface area contributed by atoms with Gasteiger partial charge in [-0.25, -0.2) is 4.57 Å². The average molecular weight is 374 g/mol. The molecular weight excluding hydrogens is 348 g/mol. The summed E-state index contributed by atoms with van der Waals surface area (Å²) in [6.45, 7) is 0. The molecule has 0 fully saturated rings. The number of aromatic nitrogens is 2. The van der Waals surface area contributed by atoms with Crippen LogP contribution in [0.2, 0.25) is 0 Å². The van der Waals surface area contributed by atoms with Crippen molar-refractivity contribution in [1.82, 2.24) is 4.57 Å². The molecule has 2 nitrogen and oxygen atoms in total. The minimum Gasteiger partial charge on any atom is -0.232 e. The van der Waals surface area contributed by atoms with Gasteiger partial charge in [0, 0.05) is 10.8 Å². The molecule has 0 unspecified atom stereocenters. The molecule has 2 aromatic heterocycles. The largest absolute Gasteiger partial charge is 0.250 e. The second-order valence-electron chi connectivity index (χ2n) is 8.36. The second-order valence-corrected chi connectivity index (χ2v) is 9.43. The van der Waals surface area contributed by atoms with E-state index >= 15 is 0 Å². The molecule has 0 amide bonds. The van der Waals surface area contributed by atoms with Crippen LogP contribution in [0.3, 0.4) is 0 Å². The molecule has 27 heavy (non-hydrogen) atoms. The number of aryl methyl sites for hydroxylation is 5. The summed E-state index contributed by atoms with van der Waals surface area (Å²) >= 11 is 1.94. The summed E-state index contributed by atoms with van der Waals surface area (Å²) in [5, 5.41) is 2.76. The third-order valence-corrected chi connectivity index (χ3v) is 7.67. The molecule has 2 aliphatic carbocycles. The van der Waals surface area contributed by atoms with Crippen LogP contribution in [0, 0.1) is 0 Å². The maximum absolute atomic E-state index is 2.46. The van der Waals surface area contributed by atoms with E-state index in [1.54, 1.807) is 22.3 Å². The van der Waals surface area contributed by atoms with Gasteiger partial charge in [0.1, 0.15) is 0 Å². The maximum atomic E-state index is 2.46. The van der Waals surface area contributed by atoms with Crippen molar-refractivity contribution in [2.24, 2.45) is 7.05 Å². The summed E-state index contributed by atoms with van der Waals surface area (Å²) in [5.41, 5.74) is 8.99. The third kappa shape index (κ3) is 2.48. The zero-order valence-corrected chi connectivity index (χ0v) is 16.7. The number of imidazole rings is 1. The fraction of sp³-hybridized carbons (Fsp3) is 0.375. The number of rotatable bonds is 1. The van der Waals surface area contributed by atoms with Gasteiger partial charge >= 0.3 is 0 Å². The quantitative estimate of drug-likeness (QED) is 0.394. The molecule has 0 atom stereocenters. The highest BCUT2D eigenvalue weighted by atomic mass is 32.1. The van der Waals surface area contributed by atoms with Gasteiger partial charge in [0.25, 0.3) is 0 Å². The van der Waals surface area contributed by atoms with Gasteiger partial charge in [-0.15, -0.1) is 0 Å². The Labute approximate surface area is 164 Å². The van der Waals surface area contributed by atoms with E-state index in [9.17, 15) is 0 Å². The monoisotopic (exact) mass is 373 g/mol. The highest BCUT2D eigenvalue weighted by Crippen LogP contribution is 2.35. The van der Waals surface area contributed by atoms with Crippen molar-refractivity contribution in [3.63, 3.8) is 0 Å². The van der Waals surface area contributed by atoms with Gasteiger partial charge in [0.15, 0.2) is 16.0 Å². The Kier molecular flexibility index (Phi) is 3.49. The van der Waals surface area contributed by atoms with Crippen LogP contribution in [0.5, 0.6) is 0 Å². The minimum atomic E-state index is 1.24. The zero-order chi connectivity index (χ0) is 18.0. The van der Waals surface area contributed by atoms with Crippen LogP contribution in [0.4, 0.5) is 0 Å². The van der Waals surface area contributed by atoms with E-state index in [-0.39, 0.29) is 0 Å². The molecule has 4 aromatic rings. The lowest BCUT2D eigenvalue weighted by Crippen LogP contribution is -2.25. The summed E-state index contributed by atoms with van der Waals surface area (Å²) in [6, 6.07) is 12.2. The standard InChI is InChI=1S/C24H25N2S/c1-25-15-26(22-12-18-8-4-3-7-17(18)11-21(22)25)24-14-20-10-16-6-2-5-9-19(16)13-23(20)27-24/h10-15H,2-9H2,1H3/q+1. The molecule has 2 aliphatic rings. The molecule has 0 aliphatic heterocycles. The highest BCUT2D eigenvalue weighted by molar-refractivity contribution is 7.21. The molecule has 0 radical (unpaired) electrons.